The molecule has 0 radical (unpaired) electrons. The Kier molecular flexibility index (Phi) is 6.63. The van der Waals surface area contributed by atoms with E-state index in [9.17, 15) is 9.59 Å². The van der Waals surface area contributed by atoms with E-state index in [1.165, 1.54) is 12.7 Å². The number of methoxy groups -OCH3 is 1. The molecule has 1 amide bonds. The lowest BCUT2D eigenvalue weighted by Crippen LogP contribution is -2.27. The molecule has 1 aliphatic rings. The zero-order valence-electron chi connectivity index (χ0n) is 16.1. The second-order valence-electron chi connectivity index (χ2n) is 7.61. The molecule has 0 bridgehead atoms. The minimum atomic E-state index is -0.184. The van der Waals surface area contributed by atoms with Crippen molar-refractivity contribution < 1.29 is 14.3 Å². The van der Waals surface area contributed by atoms with E-state index in [2.05, 4.69) is 25.2 Å². The van der Waals surface area contributed by atoms with Crippen LogP contribution in [0.3, 0.4) is 0 Å². The average molecular weight is 345 g/mol. The Balaban J connectivity index is 2.13. The van der Waals surface area contributed by atoms with Gasteiger partial charge in [-0.1, -0.05) is 38.0 Å². The van der Waals surface area contributed by atoms with Gasteiger partial charge < -0.3 is 10.1 Å². The minimum absolute atomic E-state index is 0.0339. The van der Waals surface area contributed by atoms with E-state index >= 15 is 0 Å². The number of benzene rings is 1. The highest BCUT2D eigenvalue weighted by Crippen LogP contribution is 2.41. The van der Waals surface area contributed by atoms with Gasteiger partial charge in [0.2, 0.25) is 5.91 Å². The summed E-state index contributed by atoms with van der Waals surface area (Å²) in [7, 11) is 1.43. The van der Waals surface area contributed by atoms with E-state index in [4.69, 9.17) is 4.74 Å². The molecule has 4 unspecified atom stereocenters. The van der Waals surface area contributed by atoms with Crippen molar-refractivity contribution in [3.63, 3.8) is 0 Å². The maximum absolute atomic E-state index is 12.9. The molecule has 1 aromatic rings. The highest BCUT2D eigenvalue weighted by Gasteiger charge is 2.42. The number of nitrogens with one attached hydrogen (secondary N) is 1. The quantitative estimate of drug-likeness (QED) is 0.773. The summed E-state index contributed by atoms with van der Waals surface area (Å²) in [6.07, 6.45) is 3.41. The maximum atomic E-state index is 12.9. The molecule has 0 heterocycles. The van der Waals surface area contributed by atoms with Crippen LogP contribution < -0.4 is 5.32 Å². The van der Waals surface area contributed by atoms with Gasteiger partial charge >= 0.3 is 5.97 Å². The topological polar surface area (TPSA) is 55.4 Å². The van der Waals surface area contributed by atoms with Crippen molar-refractivity contribution in [3.05, 3.63) is 29.3 Å². The first-order chi connectivity index (χ1) is 11.8. The Morgan fingerprint density at radius 1 is 1.28 bits per heavy atom. The molecule has 25 heavy (non-hydrogen) atoms. The molecule has 1 N–H and O–H groups in total. The molecule has 1 saturated carbocycles. The van der Waals surface area contributed by atoms with Crippen LogP contribution in [0, 0.1) is 37.5 Å². The zero-order valence-corrected chi connectivity index (χ0v) is 16.1. The van der Waals surface area contributed by atoms with E-state index in [1.807, 2.05) is 26.0 Å². The van der Waals surface area contributed by atoms with Gasteiger partial charge in [0, 0.05) is 11.6 Å². The standard InChI is InChI=1S/C21H31NO3/c1-6-13(2)10-16-11-17(21(24)25-5)12-18(16)20(23)22-19-8-7-14(3)9-15(19)4/h7-9,13,16-18H,6,10-12H2,1-5H3,(H,22,23). The highest BCUT2D eigenvalue weighted by atomic mass is 16.5. The number of rotatable bonds is 6. The van der Waals surface area contributed by atoms with Crippen LogP contribution in [-0.4, -0.2) is 19.0 Å². The third kappa shape index (κ3) is 4.83. The molecule has 0 saturated heterocycles. The number of aryl methyl sites for hydroxylation is 2. The van der Waals surface area contributed by atoms with Crippen LogP contribution in [0.4, 0.5) is 5.69 Å². The Bertz CT molecular complexity index is 626. The van der Waals surface area contributed by atoms with E-state index in [1.54, 1.807) is 0 Å². The van der Waals surface area contributed by atoms with Gasteiger partial charge in [-0.15, -0.1) is 0 Å². The van der Waals surface area contributed by atoms with Crippen LogP contribution in [0.1, 0.15) is 50.7 Å². The number of carbonyl (C=O) groups excluding carboxylic acids is 2. The fraction of sp³-hybridized carbons (Fsp3) is 0.619. The molecule has 2 rings (SSSR count). The van der Waals surface area contributed by atoms with Crippen LogP contribution in [-0.2, 0) is 14.3 Å². The number of esters is 1. The summed E-state index contributed by atoms with van der Waals surface area (Å²) in [6.45, 7) is 8.43. The summed E-state index contributed by atoms with van der Waals surface area (Å²) in [5.41, 5.74) is 3.10. The third-order valence-electron chi connectivity index (χ3n) is 5.61. The Morgan fingerprint density at radius 2 is 2.00 bits per heavy atom. The highest BCUT2D eigenvalue weighted by molar-refractivity contribution is 5.94. The number of ether oxygens (including phenoxy) is 1. The fourth-order valence-electron chi connectivity index (χ4n) is 3.93. The Morgan fingerprint density at radius 3 is 2.60 bits per heavy atom. The number of amides is 1. The summed E-state index contributed by atoms with van der Waals surface area (Å²) in [5.74, 6) is 0.359. The third-order valence-corrected chi connectivity index (χ3v) is 5.61. The molecule has 4 heteroatoms. The van der Waals surface area contributed by atoms with Crippen molar-refractivity contribution in [3.8, 4) is 0 Å². The van der Waals surface area contributed by atoms with Crippen molar-refractivity contribution >= 4 is 17.6 Å². The first-order valence-corrected chi connectivity index (χ1v) is 9.31. The molecule has 0 aliphatic heterocycles. The van der Waals surface area contributed by atoms with Gasteiger partial charge in [0.25, 0.3) is 0 Å². The van der Waals surface area contributed by atoms with Gasteiger partial charge in [-0.3, -0.25) is 9.59 Å². The Labute approximate surface area is 151 Å². The number of hydrogen-bond donors (Lipinski definition) is 1. The van der Waals surface area contributed by atoms with E-state index in [0.29, 0.717) is 12.3 Å². The molecule has 4 atom stereocenters. The lowest BCUT2D eigenvalue weighted by molar-refractivity contribution is -0.145. The predicted molar refractivity (Wildman–Crippen MR) is 100 cm³/mol. The number of anilines is 1. The van der Waals surface area contributed by atoms with E-state index < -0.39 is 0 Å². The second kappa shape index (κ2) is 8.50. The lowest BCUT2D eigenvalue weighted by atomic mass is 9.86. The van der Waals surface area contributed by atoms with Gasteiger partial charge in [-0.25, -0.2) is 0 Å². The average Bonchev–Trinajstić information content (AvgIpc) is 3.00. The number of hydrogen-bond acceptors (Lipinski definition) is 3. The van der Waals surface area contributed by atoms with Crippen LogP contribution in [0.2, 0.25) is 0 Å². The van der Waals surface area contributed by atoms with E-state index in [-0.39, 0.29) is 29.6 Å². The van der Waals surface area contributed by atoms with Crippen LogP contribution >= 0.6 is 0 Å². The first kappa shape index (κ1) is 19.5. The minimum Gasteiger partial charge on any atom is -0.469 e. The molecular weight excluding hydrogens is 314 g/mol. The van der Waals surface area contributed by atoms with Crippen molar-refractivity contribution in [2.45, 2.75) is 53.4 Å². The summed E-state index contributed by atoms with van der Waals surface area (Å²) in [4.78, 5) is 24.9. The SMILES string of the molecule is CCC(C)CC1CC(C(=O)OC)CC1C(=O)Nc1ccc(C)cc1C. The maximum Gasteiger partial charge on any atom is 0.308 e. The van der Waals surface area contributed by atoms with Gasteiger partial charge in [0.15, 0.2) is 0 Å². The number of carbonyl (C=O) groups is 2. The summed E-state index contributed by atoms with van der Waals surface area (Å²) in [6, 6.07) is 6.03. The smallest absolute Gasteiger partial charge is 0.308 e. The fourth-order valence-corrected chi connectivity index (χ4v) is 3.93. The monoisotopic (exact) mass is 345 g/mol. The van der Waals surface area contributed by atoms with Gasteiger partial charge in [-0.2, -0.15) is 0 Å². The van der Waals surface area contributed by atoms with Crippen molar-refractivity contribution in [2.75, 3.05) is 12.4 Å². The molecule has 4 nitrogen and oxygen atoms in total. The van der Waals surface area contributed by atoms with Crippen LogP contribution in [0.15, 0.2) is 18.2 Å². The van der Waals surface area contributed by atoms with Gasteiger partial charge in [0.1, 0.15) is 0 Å². The molecule has 0 aromatic heterocycles. The van der Waals surface area contributed by atoms with Crippen LogP contribution in [0.5, 0.6) is 0 Å². The van der Waals surface area contributed by atoms with Crippen molar-refractivity contribution in [1.82, 2.24) is 0 Å². The Hall–Kier alpha value is -1.84. The van der Waals surface area contributed by atoms with Crippen LogP contribution in [0.25, 0.3) is 0 Å². The predicted octanol–water partition coefficient (Wildman–Crippen LogP) is 4.49. The normalized spacial score (nSPS) is 24.0. The van der Waals surface area contributed by atoms with E-state index in [0.717, 1.165) is 30.5 Å². The summed E-state index contributed by atoms with van der Waals surface area (Å²) in [5, 5.41) is 3.09. The molecule has 1 aromatic carbocycles. The van der Waals surface area contributed by atoms with Crippen molar-refractivity contribution in [1.29, 1.82) is 0 Å². The zero-order chi connectivity index (χ0) is 18.6. The van der Waals surface area contributed by atoms with Gasteiger partial charge in [-0.05, 0) is 56.6 Å². The molecule has 138 valence electrons. The molecule has 1 fully saturated rings. The lowest BCUT2D eigenvalue weighted by Gasteiger charge is -2.22. The van der Waals surface area contributed by atoms with Crippen molar-refractivity contribution in [2.24, 2.45) is 23.7 Å². The first-order valence-electron chi connectivity index (χ1n) is 9.31. The molecule has 1 aliphatic carbocycles. The van der Waals surface area contributed by atoms with Gasteiger partial charge in [0.05, 0.1) is 13.0 Å². The second-order valence-corrected chi connectivity index (χ2v) is 7.61. The molecular formula is C21H31NO3. The largest absolute Gasteiger partial charge is 0.469 e. The summed E-state index contributed by atoms with van der Waals surface area (Å²) >= 11 is 0. The summed E-state index contributed by atoms with van der Waals surface area (Å²) < 4.78 is 4.92. The molecule has 0 spiro atoms.